The zero-order valence-corrected chi connectivity index (χ0v) is 30.3. The molecule has 3 aromatic heterocycles. The van der Waals surface area contributed by atoms with E-state index in [1.54, 1.807) is 0 Å². The predicted molar refractivity (Wildman–Crippen MR) is 230 cm³/mol. The van der Waals surface area contributed by atoms with E-state index in [0.717, 1.165) is 50.2 Å². The second-order valence-electron chi connectivity index (χ2n) is 14.1. The Labute approximate surface area is 323 Å². The Morgan fingerprint density at radius 1 is 0.250 bits per heavy atom. The minimum atomic E-state index is 0.632. The maximum atomic E-state index is 5.05. The molecule has 0 N–H and O–H groups in total. The van der Waals surface area contributed by atoms with Gasteiger partial charge >= 0.3 is 0 Å². The highest BCUT2D eigenvalue weighted by Crippen LogP contribution is 2.38. The summed E-state index contributed by atoms with van der Waals surface area (Å²) >= 11 is 0. The van der Waals surface area contributed by atoms with Crippen molar-refractivity contribution >= 4 is 43.6 Å². The van der Waals surface area contributed by atoms with Gasteiger partial charge in [-0.05, 0) is 59.7 Å². The Balaban J connectivity index is 1.08. The first kappa shape index (κ1) is 31.9. The van der Waals surface area contributed by atoms with Crippen LogP contribution < -0.4 is 0 Å². The molecule has 262 valence electrons. The lowest BCUT2D eigenvalue weighted by molar-refractivity contribution is 1.07. The fourth-order valence-electron chi connectivity index (χ4n) is 8.16. The van der Waals surface area contributed by atoms with Crippen LogP contribution in [0.4, 0.5) is 0 Å². The predicted octanol–water partition coefficient (Wildman–Crippen LogP) is 12.7. The van der Waals surface area contributed by atoms with Crippen molar-refractivity contribution in [2.75, 3.05) is 0 Å². The van der Waals surface area contributed by atoms with Gasteiger partial charge in [0.15, 0.2) is 17.5 Å². The van der Waals surface area contributed by atoms with Crippen molar-refractivity contribution < 1.29 is 0 Å². The molecule has 0 radical (unpaired) electrons. The minimum Gasteiger partial charge on any atom is -0.309 e. The lowest BCUT2D eigenvalue weighted by Crippen LogP contribution is -2.00. The van der Waals surface area contributed by atoms with E-state index in [0.29, 0.717) is 17.5 Å². The maximum absolute atomic E-state index is 5.05. The van der Waals surface area contributed by atoms with Gasteiger partial charge < -0.3 is 9.13 Å². The fraction of sp³-hybridized carbons (Fsp3) is 0. The zero-order valence-electron chi connectivity index (χ0n) is 30.3. The molecule has 0 aliphatic rings. The molecule has 0 fully saturated rings. The Kier molecular flexibility index (Phi) is 7.42. The molecule has 8 aromatic carbocycles. The average molecular weight is 716 g/mol. The van der Waals surface area contributed by atoms with Crippen LogP contribution in [0.2, 0.25) is 0 Å². The summed E-state index contributed by atoms with van der Waals surface area (Å²) in [6, 6.07) is 70.5. The third-order valence-corrected chi connectivity index (χ3v) is 10.8. The molecule has 56 heavy (non-hydrogen) atoms. The average Bonchev–Trinajstić information content (AvgIpc) is 3.79. The molecule has 0 aliphatic heterocycles. The number of fused-ring (bicyclic) bond motifs is 6. The number of rotatable bonds is 6. The van der Waals surface area contributed by atoms with Crippen molar-refractivity contribution in [2.24, 2.45) is 0 Å². The van der Waals surface area contributed by atoms with E-state index in [9.17, 15) is 0 Å². The number of hydrogen-bond donors (Lipinski definition) is 0. The molecule has 0 amide bonds. The summed E-state index contributed by atoms with van der Waals surface area (Å²) in [4.78, 5) is 15.0. The molecule has 0 bridgehead atoms. The molecular formula is C51H33N5. The van der Waals surface area contributed by atoms with E-state index in [2.05, 4.69) is 149 Å². The van der Waals surface area contributed by atoms with Crippen molar-refractivity contribution in [3.63, 3.8) is 0 Å². The monoisotopic (exact) mass is 715 g/mol. The molecule has 0 saturated carbocycles. The smallest absolute Gasteiger partial charge is 0.164 e. The van der Waals surface area contributed by atoms with Crippen LogP contribution in [-0.4, -0.2) is 24.1 Å². The van der Waals surface area contributed by atoms with Crippen LogP contribution in [-0.2, 0) is 0 Å². The fourth-order valence-corrected chi connectivity index (χ4v) is 8.16. The minimum absolute atomic E-state index is 0.632. The van der Waals surface area contributed by atoms with Gasteiger partial charge in [-0.3, -0.25) is 0 Å². The third-order valence-electron chi connectivity index (χ3n) is 10.8. The van der Waals surface area contributed by atoms with Crippen LogP contribution in [0.3, 0.4) is 0 Å². The summed E-state index contributed by atoms with van der Waals surface area (Å²) < 4.78 is 4.74. The Morgan fingerprint density at radius 3 is 1.23 bits per heavy atom. The van der Waals surface area contributed by atoms with E-state index < -0.39 is 0 Å². The van der Waals surface area contributed by atoms with Gasteiger partial charge in [0.25, 0.3) is 0 Å². The first-order valence-electron chi connectivity index (χ1n) is 18.9. The summed E-state index contributed by atoms with van der Waals surface area (Å²) in [6.45, 7) is 0. The van der Waals surface area contributed by atoms with Crippen molar-refractivity contribution in [1.29, 1.82) is 0 Å². The van der Waals surface area contributed by atoms with Crippen LogP contribution in [0.15, 0.2) is 200 Å². The van der Waals surface area contributed by atoms with Crippen molar-refractivity contribution in [3.8, 4) is 56.7 Å². The van der Waals surface area contributed by atoms with E-state index in [1.807, 2.05) is 60.7 Å². The normalized spacial score (nSPS) is 11.6. The van der Waals surface area contributed by atoms with Crippen LogP contribution >= 0.6 is 0 Å². The summed E-state index contributed by atoms with van der Waals surface area (Å²) in [6.07, 6.45) is 0. The SMILES string of the molecule is c1ccc(-c2nc(-c3ccccc3)nc(-c3ccc4c5ccccc5n(-c5cccc(-c6ccc7c8ccccc8n(-c8ccccc8)c7c6)c5)c4c3)n2)cc1. The standard InChI is InChI=1S/C51H33N5/c1-4-15-34(16-5-1)49-52-50(35-17-6-2-7-18-35)54-51(53-49)38-28-30-44-42-24-11-13-26-46(42)56(48(44)33-38)40-22-14-19-36(31-40)37-27-29-43-41-23-10-12-25-45(41)55(47(43)32-37)39-20-8-3-9-21-39/h1-33H. The lowest BCUT2D eigenvalue weighted by atomic mass is 10.0. The molecule has 0 spiro atoms. The first-order chi connectivity index (χ1) is 27.8. The van der Waals surface area contributed by atoms with E-state index in [-0.39, 0.29) is 0 Å². The van der Waals surface area contributed by atoms with Crippen molar-refractivity contribution in [1.82, 2.24) is 24.1 Å². The second kappa shape index (κ2) is 13.0. The topological polar surface area (TPSA) is 48.5 Å². The van der Waals surface area contributed by atoms with Crippen molar-refractivity contribution in [3.05, 3.63) is 200 Å². The van der Waals surface area contributed by atoms with Gasteiger partial charge in [-0.2, -0.15) is 0 Å². The number of benzene rings is 8. The molecule has 5 heteroatoms. The summed E-state index contributed by atoms with van der Waals surface area (Å²) in [5.74, 6) is 1.92. The van der Waals surface area contributed by atoms with Gasteiger partial charge in [0.05, 0.1) is 22.1 Å². The third kappa shape index (κ3) is 5.29. The largest absolute Gasteiger partial charge is 0.309 e. The second-order valence-corrected chi connectivity index (χ2v) is 14.1. The highest BCUT2D eigenvalue weighted by Gasteiger charge is 2.18. The molecular weight excluding hydrogens is 683 g/mol. The molecule has 0 aliphatic carbocycles. The van der Waals surface area contributed by atoms with Crippen molar-refractivity contribution in [2.45, 2.75) is 0 Å². The van der Waals surface area contributed by atoms with Crippen LogP contribution in [0.1, 0.15) is 0 Å². The molecule has 11 rings (SSSR count). The summed E-state index contributed by atoms with van der Waals surface area (Å²) in [7, 11) is 0. The molecule has 11 aromatic rings. The number of aromatic nitrogens is 5. The van der Waals surface area contributed by atoms with Gasteiger partial charge in [0, 0.05) is 49.6 Å². The molecule has 5 nitrogen and oxygen atoms in total. The number of nitrogens with zero attached hydrogens (tertiary/aromatic N) is 5. The summed E-state index contributed by atoms with van der Waals surface area (Å²) in [5.41, 5.74) is 12.0. The summed E-state index contributed by atoms with van der Waals surface area (Å²) in [5, 5.41) is 4.85. The Morgan fingerprint density at radius 2 is 0.643 bits per heavy atom. The van der Waals surface area contributed by atoms with E-state index >= 15 is 0 Å². The van der Waals surface area contributed by atoms with Gasteiger partial charge in [0.1, 0.15) is 0 Å². The highest BCUT2D eigenvalue weighted by molar-refractivity contribution is 6.11. The van der Waals surface area contributed by atoms with E-state index in [4.69, 9.17) is 15.0 Å². The number of hydrogen-bond acceptors (Lipinski definition) is 3. The zero-order chi connectivity index (χ0) is 37.0. The van der Waals surface area contributed by atoms with E-state index in [1.165, 1.54) is 32.6 Å². The highest BCUT2D eigenvalue weighted by atomic mass is 15.0. The molecule has 0 unspecified atom stereocenters. The van der Waals surface area contributed by atoms with Gasteiger partial charge in [-0.15, -0.1) is 0 Å². The van der Waals surface area contributed by atoms with Crippen LogP contribution in [0, 0.1) is 0 Å². The number of para-hydroxylation sites is 3. The Hall–Kier alpha value is -7.63. The van der Waals surface area contributed by atoms with Gasteiger partial charge in [-0.1, -0.05) is 152 Å². The van der Waals surface area contributed by atoms with Crippen LogP contribution in [0.25, 0.3) is 100 Å². The maximum Gasteiger partial charge on any atom is 0.164 e. The quantitative estimate of drug-likeness (QED) is 0.172. The first-order valence-corrected chi connectivity index (χ1v) is 18.9. The lowest BCUT2D eigenvalue weighted by Gasteiger charge is -2.12. The van der Waals surface area contributed by atoms with Gasteiger partial charge in [-0.25, -0.2) is 15.0 Å². The van der Waals surface area contributed by atoms with Gasteiger partial charge in [0.2, 0.25) is 0 Å². The Bertz CT molecular complexity index is 3180. The van der Waals surface area contributed by atoms with Crippen LogP contribution in [0.5, 0.6) is 0 Å². The molecule has 3 heterocycles. The molecule has 0 saturated heterocycles. The molecule has 0 atom stereocenters.